The lowest BCUT2D eigenvalue weighted by Gasteiger charge is -2.10. The zero-order valence-electron chi connectivity index (χ0n) is 12.7. The topological polar surface area (TPSA) is 26.3 Å². The van der Waals surface area contributed by atoms with Crippen molar-refractivity contribution in [3.8, 4) is 16.9 Å². The Morgan fingerprint density at radius 2 is 1.71 bits per heavy atom. The SMILES string of the molecule is O=Cc1cc(F)cc(F)c1-c1cccc(OCc2ccccc2)c1. The summed E-state index contributed by atoms with van der Waals surface area (Å²) in [6.45, 7) is 0.372. The summed E-state index contributed by atoms with van der Waals surface area (Å²) in [4.78, 5) is 11.1. The van der Waals surface area contributed by atoms with E-state index in [-0.39, 0.29) is 11.1 Å². The maximum Gasteiger partial charge on any atom is 0.150 e. The van der Waals surface area contributed by atoms with Gasteiger partial charge in [-0.15, -0.1) is 0 Å². The molecule has 0 amide bonds. The average Bonchev–Trinajstić information content (AvgIpc) is 2.60. The summed E-state index contributed by atoms with van der Waals surface area (Å²) in [5, 5.41) is 0. The maximum atomic E-state index is 14.1. The molecule has 0 fully saturated rings. The number of aldehydes is 1. The zero-order valence-corrected chi connectivity index (χ0v) is 12.7. The minimum atomic E-state index is -0.783. The number of benzene rings is 3. The number of rotatable bonds is 5. The van der Waals surface area contributed by atoms with Crippen molar-refractivity contribution >= 4 is 6.29 Å². The Labute approximate surface area is 138 Å². The van der Waals surface area contributed by atoms with Crippen molar-refractivity contribution in [2.45, 2.75) is 6.61 Å². The second kappa shape index (κ2) is 7.04. The molecular formula is C20H14F2O2. The van der Waals surface area contributed by atoms with Gasteiger partial charge in [0.2, 0.25) is 0 Å². The third kappa shape index (κ3) is 3.49. The van der Waals surface area contributed by atoms with Crippen LogP contribution < -0.4 is 4.74 Å². The minimum absolute atomic E-state index is 0.0345. The number of ether oxygens (including phenoxy) is 1. The van der Waals surface area contributed by atoms with Crippen LogP contribution in [0.25, 0.3) is 11.1 Å². The van der Waals surface area contributed by atoms with Crippen molar-refractivity contribution in [3.63, 3.8) is 0 Å². The first-order valence-corrected chi connectivity index (χ1v) is 7.39. The largest absolute Gasteiger partial charge is 0.489 e. The van der Waals surface area contributed by atoms with Gasteiger partial charge in [-0.1, -0.05) is 42.5 Å². The van der Waals surface area contributed by atoms with Gasteiger partial charge in [0.1, 0.15) is 24.0 Å². The van der Waals surface area contributed by atoms with E-state index in [1.54, 1.807) is 24.3 Å². The van der Waals surface area contributed by atoms with E-state index in [2.05, 4.69) is 0 Å². The molecule has 0 heterocycles. The first-order chi connectivity index (χ1) is 11.7. The monoisotopic (exact) mass is 324 g/mol. The summed E-state index contributed by atoms with van der Waals surface area (Å²) in [7, 11) is 0. The van der Waals surface area contributed by atoms with E-state index in [9.17, 15) is 13.6 Å². The van der Waals surface area contributed by atoms with E-state index < -0.39 is 11.6 Å². The summed E-state index contributed by atoms with van der Waals surface area (Å²) >= 11 is 0. The van der Waals surface area contributed by atoms with Crippen LogP contribution in [-0.4, -0.2) is 6.29 Å². The fourth-order valence-corrected chi connectivity index (χ4v) is 2.47. The van der Waals surface area contributed by atoms with Gasteiger partial charge in [0.05, 0.1) is 0 Å². The van der Waals surface area contributed by atoms with E-state index >= 15 is 0 Å². The maximum absolute atomic E-state index is 14.1. The molecule has 0 saturated carbocycles. The van der Waals surface area contributed by atoms with E-state index in [1.807, 2.05) is 30.3 Å². The third-order valence-corrected chi connectivity index (χ3v) is 3.58. The van der Waals surface area contributed by atoms with Crippen molar-refractivity contribution in [3.05, 3.63) is 89.5 Å². The standard InChI is InChI=1S/C20H14F2O2/c21-17-9-16(12-23)20(19(22)11-17)15-7-4-8-18(10-15)24-13-14-5-2-1-3-6-14/h1-12H,13H2. The predicted molar refractivity (Wildman–Crippen MR) is 88.0 cm³/mol. The normalized spacial score (nSPS) is 10.4. The van der Waals surface area contributed by atoms with Crippen molar-refractivity contribution in [1.82, 2.24) is 0 Å². The predicted octanol–water partition coefficient (Wildman–Crippen LogP) is 5.02. The first-order valence-electron chi connectivity index (χ1n) is 7.39. The Kier molecular flexibility index (Phi) is 4.66. The number of hydrogen-bond donors (Lipinski definition) is 0. The molecule has 0 radical (unpaired) electrons. The molecule has 0 aliphatic rings. The van der Waals surface area contributed by atoms with E-state index in [4.69, 9.17) is 4.74 Å². The Balaban J connectivity index is 1.90. The molecule has 0 aromatic heterocycles. The molecule has 3 aromatic carbocycles. The lowest BCUT2D eigenvalue weighted by molar-refractivity contribution is 0.112. The van der Waals surface area contributed by atoms with Gasteiger partial charge in [0.25, 0.3) is 0 Å². The summed E-state index contributed by atoms with van der Waals surface area (Å²) in [5.74, 6) is -1.02. The highest BCUT2D eigenvalue weighted by Gasteiger charge is 2.13. The van der Waals surface area contributed by atoms with E-state index in [0.29, 0.717) is 24.2 Å². The number of carbonyl (C=O) groups excluding carboxylic acids is 1. The molecule has 0 N–H and O–H groups in total. The molecule has 0 bridgehead atoms. The second-order valence-electron chi connectivity index (χ2n) is 5.27. The minimum Gasteiger partial charge on any atom is -0.489 e. The van der Waals surface area contributed by atoms with Crippen molar-refractivity contribution in [2.75, 3.05) is 0 Å². The molecule has 0 atom stereocenters. The molecule has 120 valence electrons. The average molecular weight is 324 g/mol. The van der Waals surface area contributed by atoms with Gasteiger partial charge in [0.15, 0.2) is 6.29 Å². The fraction of sp³-hybridized carbons (Fsp3) is 0.0500. The highest BCUT2D eigenvalue weighted by Crippen LogP contribution is 2.30. The van der Waals surface area contributed by atoms with Gasteiger partial charge in [-0.2, -0.15) is 0 Å². The van der Waals surface area contributed by atoms with Crippen LogP contribution in [0.3, 0.4) is 0 Å². The molecule has 3 aromatic rings. The lowest BCUT2D eigenvalue weighted by Crippen LogP contribution is -1.97. The van der Waals surface area contributed by atoms with Gasteiger partial charge in [-0.05, 0) is 29.3 Å². The van der Waals surface area contributed by atoms with Gasteiger partial charge < -0.3 is 4.74 Å². The van der Waals surface area contributed by atoms with Crippen LogP contribution in [0.2, 0.25) is 0 Å². The van der Waals surface area contributed by atoms with Crippen LogP contribution in [0, 0.1) is 11.6 Å². The highest BCUT2D eigenvalue weighted by atomic mass is 19.1. The Bertz CT molecular complexity index is 861. The Morgan fingerprint density at radius 3 is 2.46 bits per heavy atom. The van der Waals surface area contributed by atoms with Crippen LogP contribution in [0.1, 0.15) is 15.9 Å². The molecule has 0 spiro atoms. The van der Waals surface area contributed by atoms with E-state index in [0.717, 1.165) is 17.7 Å². The van der Waals surface area contributed by atoms with Crippen molar-refractivity contribution < 1.29 is 18.3 Å². The first kappa shape index (κ1) is 15.9. The molecule has 4 heteroatoms. The highest BCUT2D eigenvalue weighted by molar-refractivity contribution is 5.88. The van der Waals surface area contributed by atoms with Crippen LogP contribution in [0.4, 0.5) is 8.78 Å². The third-order valence-electron chi connectivity index (χ3n) is 3.58. The Hall–Kier alpha value is -3.01. The summed E-state index contributed by atoms with van der Waals surface area (Å²) in [6.07, 6.45) is 0.443. The van der Waals surface area contributed by atoms with Crippen molar-refractivity contribution in [2.24, 2.45) is 0 Å². The summed E-state index contributed by atoms with van der Waals surface area (Å²) in [6, 6.07) is 18.1. The molecule has 0 aliphatic heterocycles. The molecule has 0 unspecified atom stereocenters. The smallest absolute Gasteiger partial charge is 0.150 e. The zero-order chi connectivity index (χ0) is 16.9. The number of halogens is 2. The van der Waals surface area contributed by atoms with Crippen molar-refractivity contribution in [1.29, 1.82) is 0 Å². The molecule has 24 heavy (non-hydrogen) atoms. The number of hydrogen-bond acceptors (Lipinski definition) is 2. The molecule has 2 nitrogen and oxygen atoms in total. The second-order valence-corrected chi connectivity index (χ2v) is 5.27. The molecular weight excluding hydrogens is 310 g/mol. The lowest BCUT2D eigenvalue weighted by atomic mass is 9.99. The summed E-state index contributed by atoms with van der Waals surface area (Å²) < 4.78 is 33.1. The summed E-state index contributed by atoms with van der Waals surface area (Å²) in [5.41, 5.74) is 1.49. The van der Waals surface area contributed by atoms with Crippen LogP contribution >= 0.6 is 0 Å². The number of carbonyl (C=O) groups is 1. The van der Waals surface area contributed by atoms with Gasteiger partial charge in [0, 0.05) is 17.2 Å². The van der Waals surface area contributed by atoms with Crippen LogP contribution in [0.5, 0.6) is 5.75 Å². The van der Waals surface area contributed by atoms with Gasteiger partial charge in [-0.25, -0.2) is 8.78 Å². The molecule has 0 aliphatic carbocycles. The molecule has 3 rings (SSSR count). The fourth-order valence-electron chi connectivity index (χ4n) is 2.47. The van der Waals surface area contributed by atoms with Crippen LogP contribution in [-0.2, 0) is 6.61 Å². The van der Waals surface area contributed by atoms with Crippen LogP contribution in [0.15, 0.2) is 66.7 Å². The quantitative estimate of drug-likeness (QED) is 0.616. The van der Waals surface area contributed by atoms with E-state index in [1.165, 1.54) is 0 Å². The Morgan fingerprint density at radius 1 is 0.917 bits per heavy atom. The molecule has 0 saturated heterocycles. The van der Waals surface area contributed by atoms with Gasteiger partial charge in [-0.3, -0.25) is 4.79 Å². The van der Waals surface area contributed by atoms with Gasteiger partial charge >= 0.3 is 0 Å².